The highest BCUT2D eigenvalue weighted by atomic mass is 35.5. The summed E-state index contributed by atoms with van der Waals surface area (Å²) in [6, 6.07) is 8.17. The van der Waals surface area contributed by atoms with E-state index in [1.807, 2.05) is 0 Å². The SMILES string of the molecule is NC[C@H]1CC[C@@H](C(=O)Nc2ccc(=O)n(Cc3ccc(Cl)c(Cl)c3)c2)O1. The van der Waals surface area contributed by atoms with Gasteiger partial charge in [-0.1, -0.05) is 29.3 Å². The fraction of sp³-hybridized carbons (Fsp3) is 0.333. The maximum atomic E-state index is 12.3. The molecule has 0 radical (unpaired) electrons. The highest BCUT2D eigenvalue weighted by molar-refractivity contribution is 6.42. The number of hydrogen-bond acceptors (Lipinski definition) is 4. The molecule has 2 aromatic rings. The van der Waals surface area contributed by atoms with Gasteiger partial charge in [-0.3, -0.25) is 9.59 Å². The number of nitrogens with two attached hydrogens (primary N) is 1. The summed E-state index contributed by atoms with van der Waals surface area (Å²) in [5.41, 5.74) is 6.73. The molecule has 3 rings (SSSR count). The number of rotatable bonds is 5. The molecule has 2 heterocycles. The lowest BCUT2D eigenvalue weighted by atomic mass is 10.2. The van der Waals surface area contributed by atoms with Crippen LogP contribution < -0.4 is 16.6 Å². The van der Waals surface area contributed by atoms with Crippen LogP contribution in [-0.2, 0) is 16.1 Å². The number of benzene rings is 1. The lowest BCUT2D eigenvalue weighted by Gasteiger charge is -2.14. The number of nitrogens with zero attached hydrogens (tertiary/aromatic N) is 1. The van der Waals surface area contributed by atoms with Crippen LogP contribution in [0, 0.1) is 0 Å². The van der Waals surface area contributed by atoms with Crippen molar-refractivity contribution in [2.75, 3.05) is 11.9 Å². The minimum absolute atomic E-state index is 0.0747. The van der Waals surface area contributed by atoms with Crippen LogP contribution in [0.4, 0.5) is 5.69 Å². The average molecular weight is 396 g/mol. The third-order valence-electron chi connectivity index (χ3n) is 4.25. The van der Waals surface area contributed by atoms with Crippen LogP contribution in [-0.4, -0.2) is 29.2 Å². The van der Waals surface area contributed by atoms with Gasteiger partial charge >= 0.3 is 0 Å². The van der Waals surface area contributed by atoms with E-state index in [-0.39, 0.29) is 17.6 Å². The molecule has 2 atom stereocenters. The molecule has 138 valence electrons. The monoisotopic (exact) mass is 395 g/mol. The lowest BCUT2D eigenvalue weighted by molar-refractivity contribution is -0.126. The van der Waals surface area contributed by atoms with Gasteiger partial charge in [-0.25, -0.2) is 0 Å². The van der Waals surface area contributed by atoms with E-state index in [0.29, 0.717) is 35.2 Å². The minimum atomic E-state index is -0.515. The summed E-state index contributed by atoms with van der Waals surface area (Å²) in [7, 11) is 0. The van der Waals surface area contributed by atoms with Crippen molar-refractivity contribution < 1.29 is 9.53 Å². The largest absolute Gasteiger partial charge is 0.364 e. The molecular formula is C18H19Cl2N3O3. The van der Waals surface area contributed by atoms with E-state index in [4.69, 9.17) is 33.7 Å². The van der Waals surface area contributed by atoms with Gasteiger partial charge in [-0.15, -0.1) is 0 Å². The van der Waals surface area contributed by atoms with E-state index < -0.39 is 6.10 Å². The molecular weight excluding hydrogens is 377 g/mol. The van der Waals surface area contributed by atoms with Crippen LogP contribution in [0.1, 0.15) is 18.4 Å². The van der Waals surface area contributed by atoms with Crippen molar-refractivity contribution in [1.29, 1.82) is 0 Å². The molecule has 0 unspecified atom stereocenters. The lowest BCUT2D eigenvalue weighted by Crippen LogP contribution is -2.30. The van der Waals surface area contributed by atoms with Gasteiger partial charge in [0, 0.05) is 18.8 Å². The quantitative estimate of drug-likeness (QED) is 0.814. The zero-order valence-electron chi connectivity index (χ0n) is 14.0. The van der Waals surface area contributed by atoms with Gasteiger partial charge in [0.15, 0.2) is 0 Å². The van der Waals surface area contributed by atoms with Crippen molar-refractivity contribution in [2.45, 2.75) is 31.6 Å². The first-order chi connectivity index (χ1) is 12.5. The fourth-order valence-electron chi connectivity index (χ4n) is 2.86. The molecule has 1 aromatic heterocycles. The number of halogens is 2. The Labute approximate surface area is 160 Å². The van der Waals surface area contributed by atoms with E-state index in [9.17, 15) is 9.59 Å². The Bertz CT molecular complexity index is 869. The smallest absolute Gasteiger partial charge is 0.253 e. The van der Waals surface area contributed by atoms with Crippen molar-refractivity contribution in [2.24, 2.45) is 5.73 Å². The molecule has 1 fully saturated rings. The van der Waals surface area contributed by atoms with Gasteiger partial charge in [0.05, 0.1) is 28.4 Å². The summed E-state index contributed by atoms with van der Waals surface area (Å²) in [5, 5.41) is 3.67. The molecule has 3 N–H and O–H groups in total. The van der Waals surface area contributed by atoms with Gasteiger partial charge in [0.2, 0.25) is 0 Å². The normalized spacial score (nSPS) is 19.5. The van der Waals surface area contributed by atoms with E-state index in [1.165, 1.54) is 10.6 Å². The predicted octanol–water partition coefficient (Wildman–Crippen LogP) is 2.65. The van der Waals surface area contributed by atoms with Crippen molar-refractivity contribution in [1.82, 2.24) is 4.57 Å². The van der Waals surface area contributed by atoms with Crippen LogP contribution in [0.5, 0.6) is 0 Å². The average Bonchev–Trinajstić information content (AvgIpc) is 3.10. The molecule has 6 nitrogen and oxygen atoms in total. The summed E-state index contributed by atoms with van der Waals surface area (Å²) < 4.78 is 7.08. The van der Waals surface area contributed by atoms with Gasteiger partial charge in [0.25, 0.3) is 11.5 Å². The maximum Gasteiger partial charge on any atom is 0.253 e. The Hall–Kier alpha value is -1.86. The number of anilines is 1. The summed E-state index contributed by atoms with van der Waals surface area (Å²) in [6.07, 6.45) is 2.41. The van der Waals surface area contributed by atoms with Crippen LogP contribution in [0.3, 0.4) is 0 Å². The van der Waals surface area contributed by atoms with E-state index in [0.717, 1.165) is 12.0 Å². The minimum Gasteiger partial charge on any atom is -0.364 e. The van der Waals surface area contributed by atoms with Crippen LogP contribution in [0.2, 0.25) is 10.0 Å². The van der Waals surface area contributed by atoms with Crippen molar-refractivity contribution in [3.8, 4) is 0 Å². The summed E-state index contributed by atoms with van der Waals surface area (Å²) >= 11 is 11.9. The molecule has 0 saturated carbocycles. The number of carbonyl (C=O) groups excluding carboxylic acids is 1. The Balaban J connectivity index is 1.72. The number of aromatic nitrogens is 1. The Morgan fingerprint density at radius 3 is 2.73 bits per heavy atom. The van der Waals surface area contributed by atoms with Gasteiger partial charge in [0.1, 0.15) is 6.10 Å². The van der Waals surface area contributed by atoms with E-state index in [1.54, 1.807) is 30.5 Å². The topological polar surface area (TPSA) is 86.4 Å². The summed E-state index contributed by atoms with van der Waals surface area (Å²) in [6.45, 7) is 0.715. The molecule has 0 spiro atoms. The zero-order chi connectivity index (χ0) is 18.7. The highest BCUT2D eigenvalue weighted by Crippen LogP contribution is 2.23. The summed E-state index contributed by atoms with van der Waals surface area (Å²) in [5.74, 6) is -0.235. The summed E-state index contributed by atoms with van der Waals surface area (Å²) in [4.78, 5) is 24.4. The van der Waals surface area contributed by atoms with Crippen LogP contribution in [0.25, 0.3) is 0 Å². The molecule has 8 heteroatoms. The molecule has 1 aliphatic rings. The predicted molar refractivity (Wildman–Crippen MR) is 102 cm³/mol. The standard InChI is InChI=1S/C18H19Cl2N3O3/c19-14-4-1-11(7-15(14)20)9-23-10-12(2-6-17(23)24)22-18(25)16-5-3-13(8-21)26-16/h1-2,4,6-7,10,13,16H,3,5,8-9,21H2,(H,22,25)/t13-,16+/m1/s1. The zero-order valence-corrected chi connectivity index (χ0v) is 15.5. The van der Waals surface area contributed by atoms with E-state index >= 15 is 0 Å². The number of ether oxygens (including phenoxy) is 1. The fourth-order valence-corrected chi connectivity index (χ4v) is 3.18. The second-order valence-electron chi connectivity index (χ2n) is 6.18. The molecule has 1 aliphatic heterocycles. The first kappa shape index (κ1) is 18.9. The molecule has 1 saturated heterocycles. The van der Waals surface area contributed by atoms with Crippen LogP contribution >= 0.6 is 23.2 Å². The van der Waals surface area contributed by atoms with Crippen molar-refractivity contribution >= 4 is 34.8 Å². The van der Waals surface area contributed by atoms with E-state index in [2.05, 4.69) is 5.32 Å². The van der Waals surface area contributed by atoms with Crippen molar-refractivity contribution in [3.63, 3.8) is 0 Å². The third-order valence-corrected chi connectivity index (χ3v) is 4.99. The second kappa shape index (κ2) is 8.22. The van der Waals surface area contributed by atoms with Crippen LogP contribution in [0.15, 0.2) is 41.3 Å². The number of carbonyl (C=O) groups is 1. The van der Waals surface area contributed by atoms with Gasteiger partial charge in [-0.05, 0) is 36.6 Å². The maximum absolute atomic E-state index is 12.3. The Morgan fingerprint density at radius 2 is 2.04 bits per heavy atom. The van der Waals surface area contributed by atoms with Gasteiger partial charge < -0.3 is 20.4 Å². The number of pyridine rings is 1. The molecule has 0 aliphatic carbocycles. The highest BCUT2D eigenvalue weighted by Gasteiger charge is 2.29. The second-order valence-corrected chi connectivity index (χ2v) is 7.00. The molecule has 26 heavy (non-hydrogen) atoms. The first-order valence-electron chi connectivity index (χ1n) is 8.27. The Kier molecular flexibility index (Phi) is 5.98. The molecule has 0 bridgehead atoms. The third kappa shape index (κ3) is 4.45. The molecule has 1 aromatic carbocycles. The number of amides is 1. The van der Waals surface area contributed by atoms with Gasteiger partial charge in [-0.2, -0.15) is 0 Å². The Morgan fingerprint density at radius 1 is 1.23 bits per heavy atom. The molecule has 1 amide bonds. The number of nitrogens with one attached hydrogen (secondary N) is 1. The first-order valence-corrected chi connectivity index (χ1v) is 9.02. The van der Waals surface area contributed by atoms with Crippen molar-refractivity contribution in [3.05, 3.63) is 62.5 Å². The number of hydrogen-bond donors (Lipinski definition) is 2.